The second kappa shape index (κ2) is 9.27. The molecule has 0 saturated carbocycles. The van der Waals surface area contributed by atoms with Crippen LogP contribution in [0.25, 0.3) is 11.4 Å². The van der Waals surface area contributed by atoms with E-state index in [-0.39, 0.29) is 30.0 Å². The molecule has 0 unspecified atom stereocenters. The summed E-state index contributed by atoms with van der Waals surface area (Å²) in [7, 11) is 0. The number of aromatic nitrogens is 3. The molecule has 27 heavy (non-hydrogen) atoms. The van der Waals surface area contributed by atoms with Crippen LogP contribution in [-0.2, 0) is 11.2 Å². The third-order valence-corrected chi connectivity index (χ3v) is 4.39. The van der Waals surface area contributed by atoms with Crippen molar-refractivity contribution in [1.29, 1.82) is 0 Å². The fourth-order valence-corrected chi connectivity index (χ4v) is 2.90. The van der Waals surface area contributed by atoms with E-state index in [0.29, 0.717) is 25.5 Å². The molecule has 0 radical (unpaired) electrons. The first-order valence-corrected chi connectivity index (χ1v) is 9.35. The Bertz CT molecular complexity index is 830. The van der Waals surface area contributed by atoms with E-state index in [0.717, 1.165) is 30.8 Å². The van der Waals surface area contributed by atoms with Crippen molar-refractivity contribution < 1.29 is 9.53 Å². The lowest BCUT2D eigenvalue weighted by Crippen LogP contribution is -2.46. The fourth-order valence-electron chi connectivity index (χ4n) is 2.90. The van der Waals surface area contributed by atoms with Crippen molar-refractivity contribution in [3.63, 3.8) is 0 Å². The van der Waals surface area contributed by atoms with Gasteiger partial charge in [0.25, 0.3) is 5.56 Å². The van der Waals surface area contributed by atoms with E-state index in [1.165, 1.54) is 0 Å². The van der Waals surface area contributed by atoms with E-state index in [1.807, 2.05) is 36.1 Å². The van der Waals surface area contributed by atoms with Crippen LogP contribution >= 0.6 is 0 Å². The Hall–Kier alpha value is -2.74. The highest BCUT2D eigenvalue weighted by molar-refractivity contribution is 5.76. The first kappa shape index (κ1) is 19.0. The molecule has 1 saturated heterocycles. The van der Waals surface area contributed by atoms with E-state index in [9.17, 15) is 9.59 Å². The second-order valence-corrected chi connectivity index (χ2v) is 6.46. The van der Waals surface area contributed by atoms with Crippen LogP contribution in [0.1, 0.15) is 25.5 Å². The van der Waals surface area contributed by atoms with E-state index >= 15 is 0 Å². The van der Waals surface area contributed by atoms with E-state index in [2.05, 4.69) is 20.5 Å². The predicted octanol–water partition coefficient (Wildman–Crippen LogP) is 0.985. The molecule has 144 valence electrons. The summed E-state index contributed by atoms with van der Waals surface area (Å²) < 4.78 is 5.61. The number of hydrogen-bond donors (Lipinski definition) is 2. The lowest BCUT2D eigenvalue weighted by atomic mass is 10.2. The highest BCUT2D eigenvalue weighted by atomic mass is 16.5. The largest absolute Gasteiger partial charge is 0.494 e. The molecule has 1 aliphatic heterocycles. The standard InChI is InChI=1S/C19H25N5O3/c1-2-12-27-15-5-3-4-14(13-15)18-21-19(26)16(22-23-18)6-7-17(25)24-10-8-20-9-11-24/h3-5,13,20H,2,6-12H2,1H3,(H,21,23,26). The molecule has 1 fully saturated rings. The molecule has 3 rings (SSSR count). The summed E-state index contributed by atoms with van der Waals surface area (Å²) in [6.07, 6.45) is 1.46. The van der Waals surface area contributed by atoms with Gasteiger partial charge in [-0.3, -0.25) is 9.59 Å². The number of aromatic amines is 1. The Balaban J connectivity index is 1.65. The van der Waals surface area contributed by atoms with Crippen LogP contribution in [0.4, 0.5) is 0 Å². The van der Waals surface area contributed by atoms with Gasteiger partial charge in [0.15, 0.2) is 5.82 Å². The van der Waals surface area contributed by atoms with Crippen molar-refractivity contribution in [2.24, 2.45) is 0 Å². The van der Waals surface area contributed by atoms with E-state index in [4.69, 9.17) is 4.74 Å². The summed E-state index contributed by atoms with van der Waals surface area (Å²) in [4.78, 5) is 29.1. The Morgan fingerprint density at radius 2 is 2.07 bits per heavy atom. The van der Waals surface area contributed by atoms with Gasteiger partial charge in [-0.05, 0) is 18.6 Å². The molecule has 1 aromatic heterocycles. The van der Waals surface area contributed by atoms with Gasteiger partial charge in [-0.15, -0.1) is 10.2 Å². The average Bonchev–Trinajstić information content (AvgIpc) is 2.72. The Morgan fingerprint density at radius 3 is 2.81 bits per heavy atom. The van der Waals surface area contributed by atoms with Crippen molar-refractivity contribution in [3.05, 3.63) is 40.3 Å². The van der Waals surface area contributed by atoms with Gasteiger partial charge in [0.1, 0.15) is 11.4 Å². The Morgan fingerprint density at radius 1 is 1.26 bits per heavy atom. The summed E-state index contributed by atoms with van der Waals surface area (Å²) in [5.41, 5.74) is 0.699. The topological polar surface area (TPSA) is 100 Å². The first-order chi connectivity index (χ1) is 13.2. The molecule has 0 aliphatic carbocycles. The molecule has 1 amide bonds. The highest BCUT2D eigenvalue weighted by Gasteiger charge is 2.17. The smallest absolute Gasteiger partial charge is 0.273 e. The Labute approximate surface area is 158 Å². The zero-order valence-corrected chi connectivity index (χ0v) is 15.5. The van der Waals surface area contributed by atoms with Crippen LogP contribution in [0, 0.1) is 0 Å². The summed E-state index contributed by atoms with van der Waals surface area (Å²) in [5.74, 6) is 1.16. The molecular formula is C19H25N5O3. The third kappa shape index (κ3) is 5.13. The normalized spacial score (nSPS) is 14.2. The third-order valence-electron chi connectivity index (χ3n) is 4.39. The number of nitrogens with one attached hydrogen (secondary N) is 2. The summed E-state index contributed by atoms with van der Waals surface area (Å²) >= 11 is 0. The number of carbonyl (C=O) groups excluding carboxylic acids is 1. The summed E-state index contributed by atoms with van der Waals surface area (Å²) in [6.45, 7) is 5.69. The van der Waals surface area contributed by atoms with Crippen LogP contribution in [0.3, 0.4) is 0 Å². The van der Waals surface area contributed by atoms with Crippen LogP contribution in [0.5, 0.6) is 5.75 Å². The number of benzene rings is 1. The maximum absolute atomic E-state index is 12.3. The summed E-state index contributed by atoms with van der Waals surface area (Å²) in [5, 5.41) is 11.4. The second-order valence-electron chi connectivity index (χ2n) is 6.46. The number of piperazine rings is 1. The van der Waals surface area contributed by atoms with Gasteiger partial charge in [-0.2, -0.15) is 0 Å². The van der Waals surface area contributed by atoms with Gasteiger partial charge in [0.05, 0.1) is 6.61 Å². The SMILES string of the molecule is CCCOc1cccc(-c2nnc(CCC(=O)N3CCNCC3)c(=O)[nH]2)c1. The number of ether oxygens (including phenoxy) is 1. The molecule has 0 bridgehead atoms. The van der Waals surface area contributed by atoms with E-state index < -0.39 is 0 Å². The van der Waals surface area contributed by atoms with Crippen molar-refractivity contribution in [2.45, 2.75) is 26.2 Å². The van der Waals surface area contributed by atoms with Gasteiger partial charge in [0.2, 0.25) is 5.91 Å². The number of hydrogen-bond acceptors (Lipinski definition) is 6. The van der Waals surface area contributed by atoms with Crippen LogP contribution < -0.4 is 15.6 Å². The Kier molecular flexibility index (Phi) is 6.54. The first-order valence-electron chi connectivity index (χ1n) is 9.35. The summed E-state index contributed by atoms with van der Waals surface area (Å²) in [6, 6.07) is 7.37. The van der Waals surface area contributed by atoms with Gasteiger partial charge in [-0.25, -0.2) is 0 Å². The lowest BCUT2D eigenvalue weighted by molar-refractivity contribution is -0.131. The molecule has 8 heteroatoms. The van der Waals surface area contributed by atoms with Crippen molar-refractivity contribution in [2.75, 3.05) is 32.8 Å². The molecule has 1 aromatic carbocycles. The number of rotatable bonds is 7. The van der Waals surface area contributed by atoms with E-state index in [1.54, 1.807) is 0 Å². The van der Waals surface area contributed by atoms with Crippen molar-refractivity contribution >= 4 is 5.91 Å². The number of nitrogens with zero attached hydrogens (tertiary/aromatic N) is 3. The molecule has 8 nitrogen and oxygen atoms in total. The fraction of sp³-hybridized carbons (Fsp3) is 0.474. The zero-order valence-electron chi connectivity index (χ0n) is 15.5. The van der Waals surface area contributed by atoms with Gasteiger partial charge in [-0.1, -0.05) is 19.1 Å². The quantitative estimate of drug-likeness (QED) is 0.753. The predicted molar refractivity (Wildman–Crippen MR) is 102 cm³/mol. The molecule has 2 N–H and O–H groups in total. The van der Waals surface area contributed by atoms with Crippen LogP contribution in [-0.4, -0.2) is 58.8 Å². The van der Waals surface area contributed by atoms with Crippen molar-refractivity contribution in [1.82, 2.24) is 25.4 Å². The van der Waals surface area contributed by atoms with Crippen LogP contribution in [0.15, 0.2) is 29.1 Å². The average molecular weight is 371 g/mol. The molecule has 0 atom stereocenters. The number of carbonyl (C=O) groups is 1. The highest BCUT2D eigenvalue weighted by Crippen LogP contribution is 2.20. The number of amides is 1. The molecule has 1 aliphatic rings. The molecule has 2 heterocycles. The minimum absolute atomic E-state index is 0.0440. The zero-order chi connectivity index (χ0) is 19.1. The van der Waals surface area contributed by atoms with Gasteiger partial charge >= 0.3 is 0 Å². The maximum atomic E-state index is 12.3. The molecule has 2 aromatic rings. The molecular weight excluding hydrogens is 346 g/mol. The minimum atomic E-state index is -0.312. The van der Waals surface area contributed by atoms with Crippen molar-refractivity contribution in [3.8, 4) is 17.1 Å². The molecule has 0 spiro atoms. The maximum Gasteiger partial charge on any atom is 0.273 e. The van der Waals surface area contributed by atoms with Gasteiger partial charge in [0, 0.05) is 44.6 Å². The lowest BCUT2D eigenvalue weighted by Gasteiger charge is -2.27. The monoisotopic (exact) mass is 371 g/mol. The number of H-pyrrole nitrogens is 1. The minimum Gasteiger partial charge on any atom is -0.494 e. The van der Waals surface area contributed by atoms with Gasteiger partial charge < -0.3 is 19.9 Å². The number of aryl methyl sites for hydroxylation is 1. The van der Waals surface area contributed by atoms with Crippen LogP contribution in [0.2, 0.25) is 0 Å².